The average molecular weight is 308 g/mol. The summed E-state index contributed by atoms with van der Waals surface area (Å²) in [5.41, 5.74) is 4.68. The zero-order valence-corrected chi connectivity index (χ0v) is 13.8. The number of aromatic amines is 1. The van der Waals surface area contributed by atoms with Crippen molar-refractivity contribution < 1.29 is 0 Å². The van der Waals surface area contributed by atoms with Crippen molar-refractivity contribution in [3.8, 4) is 0 Å². The van der Waals surface area contributed by atoms with E-state index in [0.717, 1.165) is 43.2 Å². The van der Waals surface area contributed by atoms with Crippen LogP contribution in [0.1, 0.15) is 25.0 Å². The summed E-state index contributed by atoms with van der Waals surface area (Å²) in [5.74, 6) is 0.820. The average Bonchev–Trinajstić information content (AvgIpc) is 3.01. The third kappa shape index (κ3) is 3.90. The Balaban J connectivity index is 1.65. The second-order valence-electron chi connectivity index (χ2n) is 5.74. The predicted molar refractivity (Wildman–Crippen MR) is 96.5 cm³/mol. The monoisotopic (exact) mass is 308 g/mol. The van der Waals surface area contributed by atoms with Crippen molar-refractivity contribution in [3.63, 3.8) is 0 Å². The Morgan fingerprint density at radius 2 is 1.78 bits per heavy atom. The van der Waals surface area contributed by atoms with Gasteiger partial charge < -0.3 is 10.3 Å². The fourth-order valence-electron chi connectivity index (χ4n) is 2.77. The van der Waals surface area contributed by atoms with Crippen LogP contribution in [0, 0.1) is 0 Å². The molecule has 1 heterocycles. The van der Waals surface area contributed by atoms with E-state index in [4.69, 9.17) is 0 Å². The summed E-state index contributed by atoms with van der Waals surface area (Å²) in [6.45, 7) is 8.35. The third-order valence-electron chi connectivity index (χ3n) is 4.14. The van der Waals surface area contributed by atoms with E-state index in [1.54, 1.807) is 0 Å². The lowest BCUT2D eigenvalue weighted by Crippen LogP contribution is -2.22. The molecule has 3 aromatic rings. The highest BCUT2D eigenvalue weighted by atomic mass is 15.1. The van der Waals surface area contributed by atoms with Crippen molar-refractivity contribution in [2.75, 3.05) is 18.4 Å². The Morgan fingerprint density at radius 1 is 1.00 bits per heavy atom. The van der Waals surface area contributed by atoms with Gasteiger partial charge in [-0.15, -0.1) is 0 Å². The fraction of sp³-hybridized carbons (Fsp3) is 0.316. The Labute approximate surface area is 137 Å². The van der Waals surface area contributed by atoms with Gasteiger partial charge in [0.15, 0.2) is 0 Å². The summed E-state index contributed by atoms with van der Waals surface area (Å²) in [5, 5.41) is 3.38. The number of imidazole rings is 1. The van der Waals surface area contributed by atoms with Crippen LogP contribution in [0.2, 0.25) is 0 Å². The van der Waals surface area contributed by atoms with Crippen LogP contribution in [0.3, 0.4) is 0 Å². The van der Waals surface area contributed by atoms with Crippen molar-refractivity contribution in [1.82, 2.24) is 14.9 Å². The summed E-state index contributed by atoms with van der Waals surface area (Å²) < 4.78 is 0. The van der Waals surface area contributed by atoms with Crippen LogP contribution >= 0.6 is 0 Å². The molecule has 0 aliphatic rings. The Bertz CT molecular complexity index is 726. The zero-order valence-electron chi connectivity index (χ0n) is 13.8. The number of benzene rings is 2. The fourth-order valence-corrected chi connectivity index (χ4v) is 2.77. The molecule has 120 valence electrons. The molecule has 3 rings (SSSR count). The van der Waals surface area contributed by atoms with E-state index in [-0.39, 0.29) is 0 Å². The van der Waals surface area contributed by atoms with Crippen LogP contribution in [-0.4, -0.2) is 28.0 Å². The van der Waals surface area contributed by atoms with Crippen molar-refractivity contribution in [1.29, 1.82) is 0 Å². The van der Waals surface area contributed by atoms with Crippen molar-refractivity contribution in [2.24, 2.45) is 0 Å². The first-order valence-corrected chi connectivity index (χ1v) is 8.27. The topological polar surface area (TPSA) is 44.0 Å². The lowest BCUT2D eigenvalue weighted by Gasteiger charge is -2.18. The molecule has 0 aliphatic carbocycles. The molecule has 1 aromatic heterocycles. The summed E-state index contributed by atoms with van der Waals surface area (Å²) in [6.07, 6.45) is 0. The molecule has 2 N–H and O–H groups in total. The normalized spacial score (nSPS) is 11.3. The van der Waals surface area contributed by atoms with E-state index in [2.05, 4.69) is 58.3 Å². The molecule has 0 amide bonds. The molecule has 0 spiro atoms. The Morgan fingerprint density at radius 3 is 2.57 bits per heavy atom. The molecule has 4 nitrogen and oxygen atoms in total. The van der Waals surface area contributed by atoms with Gasteiger partial charge in [0.2, 0.25) is 5.95 Å². The van der Waals surface area contributed by atoms with E-state index in [9.17, 15) is 0 Å². The van der Waals surface area contributed by atoms with Crippen molar-refractivity contribution >= 4 is 17.0 Å². The number of rotatable bonds is 7. The van der Waals surface area contributed by atoms with E-state index in [0.29, 0.717) is 0 Å². The maximum absolute atomic E-state index is 4.55. The number of para-hydroxylation sites is 2. The minimum atomic E-state index is 0.770. The maximum atomic E-state index is 4.55. The van der Waals surface area contributed by atoms with Crippen LogP contribution in [0.4, 0.5) is 5.95 Å². The summed E-state index contributed by atoms with van der Waals surface area (Å²) in [4.78, 5) is 10.3. The van der Waals surface area contributed by atoms with Crippen molar-refractivity contribution in [2.45, 2.75) is 26.9 Å². The molecule has 23 heavy (non-hydrogen) atoms. The molecule has 0 unspecified atom stereocenters. The number of hydrogen-bond donors (Lipinski definition) is 2. The van der Waals surface area contributed by atoms with Gasteiger partial charge in [-0.05, 0) is 36.3 Å². The largest absolute Gasteiger partial charge is 0.352 e. The van der Waals surface area contributed by atoms with Gasteiger partial charge in [0.25, 0.3) is 0 Å². The molecule has 4 heteroatoms. The molecule has 0 saturated carbocycles. The SMILES string of the molecule is CCN(CC)Cc1cccc(CNc2nc3ccccc3[nH]2)c1. The van der Waals surface area contributed by atoms with E-state index in [1.807, 2.05) is 24.3 Å². The van der Waals surface area contributed by atoms with Gasteiger partial charge >= 0.3 is 0 Å². The highest BCUT2D eigenvalue weighted by Crippen LogP contribution is 2.15. The maximum Gasteiger partial charge on any atom is 0.201 e. The second-order valence-corrected chi connectivity index (χ2v) is 5.74. The zero-order chi connectivity index (χ0) is 16.1. The van der Waals surface area contributed by atoms with Crippen molar-refractivity contribution in [3.05, 3.63) is 59.7 Å². The Hall–Kier alpha value is -2.33. The van der Waals surface area contributed by atoms with Gasteiger partial charge in [-0.2, -0.15) is 0 Å². The number of H-pyrrole nitrogens is 1. The van der Waals surface area contributed by atoms with Gasteiger partial charge in [-0.3, -0.25) is 4.90 Å². The van der Waals surface area contributed by atoms with Crippen LogP contribution in [0.15, 0.2) is 48.5 Å². The van der Waals surface area contributed by atoms with E-state index >= 15 is 0 Å². The van der Waals surface area contributed by atoms with Gasteiger partial charge in [0.05, 0.1) is 11.0 Å². The molecule has 2 aromatic carbocycles. The summed E-state index contributed by atoms with van der Waals surface area (Å²) in [6, 6.07) is 16.8. The van der Waals surface area contributed by atoms with Crippen LogP contribution in [0.5, 0.6) is 0 Å². The summed E-state index contributed by atoms with van der Waals surface area (Å²) >= 11 is 0. The lowest BCUT2D eigenvalue weighted by atomic mass is 10.1. The quantitative estimate of drug-likeness (QED) is 0.693. The van der Waals surface area contributed by atoms with Crippen LogP contribution < -0.4 is 5.32 Å². The third-order valence-corrected chi connectivity index (χ3v) is 4.14. The van der Waals surface area contributed by atoms with E-state index in [1.165, 1.54) is 11.1 Å². The highest BCUT2D eigenvalue weighted by Gasteiger charge is 2.04. The lowest BCUT2D eigenvalue weighted by molar-refractivity contribution is 0.296. The smallest absolute Gasteiger partial charge is 0.201 e. The first kappa shape index (κ1) is 15.6. The van der Waals surface area contributed by atoms with Gasteiger partial charge in [-0.25, -0.2) is 4.98 Å². The number of anilines is 1. The van der Waals surface area contributed by atoms with Crippen LogP contribution in [-0.2, 0) is 13.1 Å². The van der Waals surface area contributed by atoms with Gasteiger partial charge in [0.1, 0.15) is 0 Å². The Kier molecular flexibility index (Phi) is 4.93. The molecule has 0 bridgehead atoms. The number of fused-ring (bicyclic) bond motifs is 1. The number of nitrogens with zero attached hydrogens (tertiary/aromatic N) is 2. The number of aromatic nitrogens is 2. The minimum Gasteiger partial charge on any atom is -0.352 e. The van der Waals surface area contributed by atoms with Gasteiger partial charge in [-0.1, -0.05) is 50.2 Å². The van der Waals surface area contributed by atoms with Crippen LogP contribution in [0.25, 0.3) is 11.0 Å². The molecular weight excluding hydrogens is 284 g/mol. The molecule has 0 aliphatic heterocycles. The standard InChI is InChI=1S/C19H24N4/c1-3-23(4-2)14-16-9-7-8-15(12-16)13-20-19-21-17-10-5-6-11-18(17)22-19/h5-12H,3-4,13-14H2,1-2H3,(H2,20,21,22). The highest BCUT2D eigenvalue weighted by molar-refractivity contribution is 5.77. The summed E-state index contributed by atoms with van der Waals surface area (Å²) in [7, 11) is 0. The first-order valence-electron chi connectivity index (χ1n) is 8.27. The molecule has 0 saturated heterocycles. The molecule has 0 atom stereocenters. The predicted octanol–water partition coefficient (Wildman–Crippen LogP) is 4.02. The molecule has 0 radical (unpaired) electrons. The van der Waals surface area contributed by atoms with E-state index < -0.39 is 0 Å². The minimum absolute atomic E-state index is 0.770. The molecular formula is C19H24N4. The van der Waals surface area contributed by atoms with Gasteiger partial charge in [0, 0.05) is 13.1 Å². The first-order chi connectivity index (χ1) is 11.3. The number of nitrogens with one attached hydrogen (secondary N) is 2. The number of hydrogen-bond acceptors (Lipinski definition) is 3. The second kappa shape index (κ2) is 7.29. The molecule has 0 fully saturated rings.